The van der Waals surface area contributed by atoms with Crippen molar-refractivity contribution in [2.24, 2.45) is 0 Å². The summed E-state index contributed by atoms with van der Waals surface area (Å²) in [5.74, 6) is -0.201. The van der Waals surface area contributed by atoms with E-state index in [4.69, 9.17) is 9.47 Å². The van der Waals surface area contributed by atoms with Gasteiger partial charge in [0, 0.05) is 24.0 Å². The predicted octanol–water partition coefficient (Wildman–Crippen LogP) is 5.11. The molecule has 3 aromatic rings. The first-order valence-corrected chi connectivity index (χ1v) is 11.7. The van der Waals surface area contributed by atoms with Gasteiger partial charge in [0.25, 0.3) is 5.91 Å². The van der Waals surface area contributed by atoms with Gasteiger partial charge in [-0.3, -0.25) is 9.69 Å². The molecule has 0 spiro atoms. The zero-order valence-corrected chi connectivity index (χ0v) is 19.7. The van der Waals surface area contributed by atoms with Crippen LogP contribution >= 0.6 is 11.3 Å². The molecule has 0 radical (unpaired) electrons. The molecule has 0 aliphatic carbocycles. The molecule has 0 bridgehead atoms. The molecule has 32 heavy (non-hydrogen) atoms. The summed E-state index contributed by atoms with van der Waals surface area (Å²) in [5.41, 5.74) is 1.91. The number of methoxy groups -OCH3 is 1. The van der Waals surface area contributed by atoms with Crippen molar-refractivity contribution in [3.63, 3.8) is 0 Å². The van der Waals surface area contributed by atoms with Crippen molar-refractivity contribution in [1.29, 1.82) is 0 Å². The minimum absolute atomic E-state index is 0.285. The maximum Gasteiger partial charge on any atom is 0.341 e. The van der Waals surface area contributed by atoms with Gasteiger partial charge < -0.3 is 14.8 Å². The first kappa shape index (κ1) is 22.3. The van der Waals surface area contributed by atoms with Crippen LogP contribution in [0.1, 0.15) is 51.9 Å². The highest BCUT2D eigenvalue weighted by atomic mass is 32.1. The Morgan fingerprint density at radius 1 is 1.19 bits per heavy atom. The number of anilines is 1. The van der Waals surface area contributed by atoms with Gasteiger partial charge in [-0.15, -0.1) is 11.3 Å². The van der Waals surface area contributed by atoms with Crippen LogP contribution in [0.2, 0.25) is 0 Å². The van der Waals surface area contributed by atoms with Crippen molar-refractivity contribution in [3.05, 3.63) is 58.0 Å². The van der Waals surface area contributed by atoms with Gasteiger partial charge in [0.2, 0.25) is 0 Å². The van der Waals surface area contributed by atoms with Crippen LogP contribution in [0.4, 0.5) is 5.00 Å². The number of nitrogens with one attached hydrogen (secondary N) is 1. The Hall–Kier alpha value is -2.90. The van der Waals surface area contributed by atoms with E-state index in [1.807, 2.05) is 36.4 Å². The van der Waals surface area contributed by atoms with E-state index < -0.39 is 0 Å². The van der Waals surface area contributed by atoms with Crippen LogP contribution in [-0.2, 0) is 17.7 Å². The lowest BCUT2D eigenvalue weighted by Crippen LogP contribution is -2.35. The number of ether oxygens (including phenoxy) is 2. The van der Waals surface area contributed by atoms with Crippen LogP contribution in [0.25, 0.3) is 10.8 Å². The molecular formula is C25H28N2O4S. The van der Waals surface area contributed by atoms with Crippen LogP contribution in [-0.4, -0.2) is 43.1 Å². The highest BCUT2D eigenvalue weighted by Crippen LogP contribution is 2.39. The average molecular weight is 453 g/mol. The van der Waals surface area contributed by atoms with Crippen LogP contribution in [0, 0.1) is 0 Å². The van der Waals surface area contributed by atoms with E-state index in [-0.39, 0.29) is 18.5 Å². The highest BCUT2D eigenvalue weighted by Gasteiger charge is 2.30. The largest absolute Gasteiger partial charge is 0.496 e. The first-order chi connectivity index (χ1) is 15.4. The van der Waals surface area contributed by atoms with Crippen LogP contribution in [0.15, 0.2) is 36.4 Å². The van der Waals surface area contributed by atoms with Crippen molar-refractivity contribution in [2.45, 2.75) is 39.8 Å². The number of thiophene rings is 1. The third-order valence-corrected chi connectivity index (χ3v) is 6.97. The lowest BCUT2D eigenvalue weighted by atomic mass is 10.0. The summed E-state index contributed by atoms with van der Waals surface area (Å²) in [6, 6.07) is 11.9. The Bertz CT molecular complexity index is 1170. The summed E-state index contributed by atoms with van der Waals surface area (Å²) in [7, 11) is 1.55. The number of amides is 1. The van der Waals surface area contributed by atoms with Gasteiger partial charge in [-0.05, 0) is 55.7 Å². The molecule has 6 nitrogen and oxygen atoms in total. The summed E-state index contributed by atoms with van der Waals surface area (Å²) in [6.45, 7) is 8.04. The van der Waals surface area contributed by atoms with E-state index in [1.54, 1.807) is 14.0 Å². The zero-order chi connectivity index (χ0) is 22.8. The molecular weight excluding hydrogens is 424 g/mol. The van der Waals surface area contributed by atoms with E-state index in [1.165, 1.54) is 11.3 Å². The SMILES string of the molecule is CCOC(=O)c1c(NC(=O)c2cc3ccccc3cc2OC)sc2c1CCN(C(C)C)C2. The second-order valence-electron chi connectivity index (χ2n) is 8.10. The Morgan fingerprint density at radius 2 is 1.91 bits per heavy atom. The summed E-state index contributed by atoms with van der Waals surface area (Å²) >= 11 is 1.46. The molecule has 0 unspecified atom stereocenters. The van der Waals surface area contributed by atoms with Gasteiger partial charge in [-0.25, -0.2) is 4.79 Å². The van der Waals surface area contributed by atoms with E-state index in [9.17, 15) is 9.59 Å². The Kier molecular flexibility index (Phi) is 6.48. The Morgan fingerprint density at radius 3 is 2.56 bits per heavy atom. The minimum atomic E-state index is -0.385. The first-order valence-electron chi connectivity index (χ1n) is 10.9. The molecule has 0 saturated carbocycles. The zero-order valence-electron chi connectivity index (χ0n) is 18.9. The van der Waals surface area contributed by atoms with Gasteiger partial charge in [-0.2, -0.15) is 0 Å². The number of benzene rings is 2. The fourth-order valence-electron chi connectivity index (χ4n) is 4.11. The molecule has 1 aliphatic heterocycles. The third kappa shape index (κ3) is 4.23. The van der Waals surface area contributed by atoms with Crippen molar-refractivity contribution < 1.29 is 19.1 Å². The standard InChI is InChI=1S/C25H28N2O4S/c1-5-31-25(29)22-18-10-11-27(15(2)3)14-21(18)32-24(22)26-23(28)19-12-16-8-6-7-9-17(16)13-20(19)30-4/h6-9,12-13,15H,5,10-11,14H2,1-4H3,(H,26,28). The van der Waals surface area contributed by atoms with Crippen molar-refractivity contribution in [2.75, 3.05) is 25.6 Å². The van der Waals surface area contributed by atoms with Gasteiger partial charge in [0.05, 0.1) is 24.8 Å². The third-order valence-electron chi connectivity index (χ3n) is 5.84. The number of carbonyl (C=O) groups is 2. The molecule has 0 atom stereocenters. The summed E-state index contributed by atoms with van der Waals surface area (Å²) in [5, 5.41) is 5.47. The van der Waals surface area contributed by atoms with Crippen molar-refractivity contribution >= 4 is 39.0 Å². The molecule has 4 rings (SSSR count). The molecule has 1 aromatic heterocycles. The molecule has 2 heterocycles. The van der Waals surface area contributed by atoms with Gasteiger partial charge in [-0.1, -0.05) is 24.3 Å². The quantitative estimate of drug-likeness (QED) is 0.527. The topological polar surface area (TPSA) is 67.9 Å². The number of esters is 1. The summed E-state index contributed by atoms with van der Waals surface area (Å²) in [6.07, 6.45) is 0.757. The lowest BCUT2D eigenvalue weighted by Gasteiger charge is -2.30. The number of fused-ring (bicyclic) bond motifs is 2. The van der Waals surface area contributed by atoms with E-state index in [0.29, 0.717) is 27.9 Å². The maximum atomic E-state index is 13.3. The highest BCUT2D eigenvalue weighted by molar-refractivity contribution is 7.17. The van der Waals surface area contributed by atoms with E-state index in [0.717, 1.165) is 40.7 Å². The molecule has 0 fully saturated rings. The van der Waals surface area contributed by atoms with Gasteiger partial charge in [0.1, 0.15) is 10.8 Å². The number of rotatable bonds is 6. The van der Waals surface area contributed by atoms with Crippen LogP contribution in [0.5, 0.6) is 5.75 Å². The number of carbonyl (C=O) groups excluding carboxylic acids is 2. The summed E-state index contributed by atoms with van der Waals surface area (Å²) in [4.78, 5) is 29.6. The van der Waals surface area contributed by atoms with Crippen LogP contribution in [0.3, 0.4) is 0 Å². The number of hydrogen-bond donors (Lipinski definition) is 1. The molecule has 1 amide bonds. The smallest absolute Gasteiger partial charge is 0.341 e. The van der Waals surface area contributed by atoms with E-state index >= 15 is 0 Å². The lowest BCUT2D eigenvalue weighted by molar-refractivity contribution is 0.0526. The molecule has 0 saturated heterocycles. The normalized spacial score (nSPS) is 13.8. The molecule has 7 heteroatoms. The van der Waals surface area contributed by atoms with Crippen molar-refractivity contribution in [1.82, 2.24) is 4.90 Å². The van der Waals surface area contributed by atoms with Crippen molar-refractivity contribution in [3.8, 4) is 5.75 Å². The molecule has 1 aliphatic rings. The molecule has 168 valence electrons. The number of nitrogens with zero attached hydrogens (tertiary/aromatic N) is 1. The average Bonchev–Trinajstić information content (AvgIpc) is 3.15. The Balaban J connectivity index is 1.72. The van der Waals surface area contributed by atoms with Crippen LogP contribution < -0.4 is 10.1 Å². The minimum Gasteiger partial charge on any atom is -0.496 e. The maximum absolute atomic E-state index is 13.3. The second kappa shape index (κ2) is 9.30. The second-order valence-corrected chi connectivity index (χ2v) is 9.20. The predicted molar refractivity (Wildman–Crippen MR) is 128 cm³/mol. The Labute approximate surface area is 192 Å². The van der Waals surface area contributed by atoms with E-state index in [2.05, 4.69) is 24.1 Å². The monoisotopic (exact) mass is 452 g/mol. The fraction of sp³-hybridized carbons (Fsp3) is 0.360. The van der Waals surface area contributed by atoms with Gasteiger partial charge in [0.15, 0.2) is 0 Å². The molecule has 1 N–H and O–H groups in total. The van der Waals surface area contributed by atoms with Gasteiger partial charge >= 0.3 is 5.97 Å². The summed E-state index contributed by atoms with van der Waals surface area (Å²) < 4.78 is 10.8. The fourth-order valence-corrected chi connectivity index (χ4v) is 5.36. The number of hydrogen-bond acceptors (Lipinski definition) is 6. The molecule has 2 aromatic carbocycles.